The van der Waals surface area contributed by atoms with E-state index >= 15 is 0 Å². The van der Waals surface area contributed by atoms with Gasteiger partial charge in [-0.1, -0.05) is 32.4 Å². The Morgan fingerprint density at radius 3 is 3.00 bits per heavy atom. The van der Waals surface area contributed by atoms with Crippen LogP contribution in [0.15, 0.2) is 12.2 Å². The van der Waals surface area contributed by atoms with E-state index in [1.807, 2.05) is 6.08 Å². The molecule has 0 saturated carbocycles. The van der Waals surface area contributed by atoms with Gasteiger partial charge in [0.2, 0.25) is 0 Å². The van der Waals surface area contributed by atoms with Crippen LogP contribution in [0.25, 0.3) is 0 Å². The van der Waals surface area contributed by atoms with E-state index in [1.54, 1.807) is 0 Å². The van der Waals surface area contributed by atoms with Crippen molar-refractivity contribution in [2.45, 2.75) is 33.1 Å². The molecule has 0 radical (unpaired) electrons. The van der Waals surface area contributed by atoms with Gasteiger partial charge in [-0.3, -0.25) is 4.79 Å². The van der Waals surface area contributed by atoms with Gasteiger partial charge in [-0.25, -0.2) is 0 Å². The van der Waals surface area contributed by atoms with Crippen LogP contribution in [0.4, 0.5) is 0 Å². The lowest BCUT2D eigenvalue weighted by Gasteiger charge is -2.03. The van der Waals surface area contributed by atoms with Crippen LogP contribution in [-0.4, -0.2) is 12.6 Å². The molecule has 1 saturated heterocycles. The van der Waals surface area contributed by atoms with E-state index in [4.69, 9.17) is 4.74 Å². The van der Waals surface area contributed by atoms with Crippen LogP contribution in [0.3, 0.4) is 0 Å². The first-order chi connectivity index (χ1) is 6.24. The zero-order valence-electron chi connectivity index (χ0n) is 8.45. The fourth-order valence-electron chi connectivity index (χ4n) is 1.56. The minimum atomic E-state index is -0.0556. The minimum Gasteiger partial charge on any atom is -0.465 e. The van der Waals surface area contributed by atoms with Gasteiger partial charge >= 0.3 is 5.97 Å². The first-order valence-corrected chi connectivity index (χ1v) is 5.09. The number of hydrogen-bond donors (Lipinski definition) is 0. The van der Waals surface area contributed by atoms with Gasteiger partial charge in [0.15, 0.2) is 0 Å². The number of esters is 1. The van der Waals surface area contributed by atoms with Crippen molar-refractivity contribution < 1.29 is 9.53 Å². The van der Waals surface area contributed by atoms with Crippen LogP contribution in [0.1, 0.15) is 33.1 Å². The second kappa shape index (κ2) is 5.05. The van der Waals surface area contributed by atoms with Crippen molar-refractivity contribution in [3.63, 3.8) is 0 Å². The first-order valence-electron chi connectivity index (χ1n) is 5.09. The van der Waals surface area contributed by atoms with Crippen LogP contribution < -0.4 is 0 Å². The Morgan fingerprint density at radius 1 is 1.69 bits per heavy atom. The van der Waals surface area contributed by atoms with E-state index in [0.717, 1.165) is 6.42 Å². The highest BCUT2D eigenvalue weighted by atomic mass is 16.5. The molecule has 0 aromatic heterocycles. The molecular formula is C11H18O2. The molecule has 2 heteroatoms. The number of carbonyl (C=O) groups excluding carboxylic acids is 1. The number of carbonyl (C=O) groups is 1. The van der Waals surface area contributed by atoms with E-state index in [1.165, 1.54) is 12.8 Å². The Labute approximate surface area is 80.0 Å². The van der Waals surface area contributed by atoms with Crippen LogP contribution >= 0.6 is 0 Å². The Bertz CT molecular complexity index is 196. The summed E-state index contributed by atoms with van der Waals surface area (Å²) in [7, 11) is 0. The molecule has 0 N–H and O–H groups in total. The van der Waals surface area contributed by atoms with Gasteiger partial charge in [-0.05, 0) is 18.8 Å². The van der Waals surface area contributed by atoms with Gasteiger partial charge < -0.3 is 4.74 Å². The summed E-state index contributed by atoms with van der Waals surface area (Å²) in [5.74, 6) is 0.553. The van der Waals surface area contributed by atoms with Crippen LogP contribution in [-0.2, 0) is 9.53 Å². The van der Waals surface area contributed by atoms with Crippen molar-refractivity contribution >= 4 is 5.97 Å². The molecule has 0 bridgehead atoms. The third-order valence-corrected chi connectivity index (χ3v) is 2.39. The summed E-state index contributed by atoms with van der Waals surface area (Å²) in [6.07, 6.45) is 7.39. The highest BCUT2D eigenvalue weighted by Crippen LogP contribution is 2.17. The van der Waals surface area contributed by atoms with Gasteiger partial charge in [0, 0.05) is 0 Å². The molecule has 0 aromatic carbocycles. The smallest absolute Gasteiger partial charge is 0.312 e. The molecule has 1 fully saturated rings. The molecule has 2 nitrogen and oxygen atoms in total. The van der Waals surface area contributed by atoms with Crippen molar-refractivity contribution in [1.29, 1.82) is 0 Å². The molecule has 74 valence electrons. The zero-order valence-corrected chi connectivity index (χ0v) is 8.45. The average Bonchev–Trinajstić information content (AvgIpc) is 2.48. The predicted molar refractivity (Wildman–Crippen MR) is 52.3 cm³/mol. The molecule has 2 atom stereocenters. The fraction of sp³-hybridized carbons (Fsp3) is 0.727. The lowest BCUT2D eigenvalue weighted by Crippen LogP contribution is -2.04. The Hall–Kier alpha value is -0.790. The standard InChI is InChI=1S/C11H18O2/c1-3-4-9(2)5-6-10-7-8-13-11(10)12/h5-6,9-10H,3-4,7-8H2,1-2H3/b6-5+. The Balaban J connectivity index is 2.33. The van der Waals surface area contributed by atoms with E-state index in [0.29, 0.717) is 12.5 Å². The zero-order chi connectivity index (χ0) is 9.68. The molecule has 0 aliphatic carbocycles. The van der Waals surface area contributed by atoms with Crippen molar-refractivity contribution in [3.8, 4) is 0 Å². The highest BCUT2D eigenvalue weighted by molar-refractivity contribution is 5.76. The SMILES string of the molecule is CCCC(C)/C=C/C1CCOC1=O. The molecule has 2 unspecified atom stereocenters. The highest BCUT2D eigenvalue weighted by Gasteiger charge is 2.23. The minimum absolute atomic E-state index is 0.0271. The number of cyclic esters (lactones) is 1. The second-order valence-electron chi connectivity index (χ2n) is 3.71. The molecule has 1 aliphatic heterocycles. The lowest BCUT2D eigenvalue weighted by molar-refractivity contribution is -0.140. The van der Waals surface area contributed by atoms with E-state index in [9.17, 15) is 4.79 Å². The molecule has 1 aliphatic rings. The summed E-state index contributed by atoms with van der Waals surface area (Å²) in [4.78, 5) is 11.1. The van der Waals surface area contributed by atoms with Crippen LogP contribution in [0, 0.1) is 11.8 Å². The van der Waals surface area contributed by atoms with E-state index in [-0.39, 0.29) is 11.9 Å². The van der Waals surface area contributed by atoms with E-state index < -0.39 is 0 Å². The predicted octanol–water partition coefficient (Wildman–Crippen LogP) is 2.54. The van der Waals surface area contributed by atoms with Gasteiger partial charge in [0.1, 0.15) is 0 Å². The van der Waals surface area contributed by atoms with Crippen LogP contribution in [0.5, 0.6) is 0 Å². The summed E-state index contributed by atoms with van der Waals surface area (Å²) in [6.45, 7) is 4.95. The van der Waals surface area contributed by atoms with Gasteiger partial charge in [-0.15, -0.1) is 0 Å². The topological polar surface area (TPSA) is 26.3 Å². The van der Waals surface area contributed by atoms with Crippen molar-refractivity contribution in [3.05, 3.63) is 12.2 Å². The fourth-order valence-corrected chi connectivity index (χ4v) is 1.56. The molecule has 1 rings (SSSR count). The third kappa shape index (κ3) is 3.21. The maximum Gasteiger partial charge on any atom is 0.312 e. The largest absolute Gasteiger partial charge is 0.465 e. The Kier molecular flexibility index (Phi) is 4.00. The normalized spacial score (nSPS) is 25.1. The van der Waals surface area contributed by atoms with E-state index in [2.05, 4.69) is 19.9 Å². The summed E-state index contributed by atoms with van der Waals surface area (Å²) in [6, 6.07) is 0. The summed E-state index contributed by atoms with van der Waals surface area (Å²) >= 11 is 0. The van der Waals surface area contributed by atoms with Crippen molar-refractivity contribution in [2.24, 2.45) is 11.8 Å². The summed E-state index contributed by atoms with van der Waals surface area (Å²) < 4.78 is 4.87. The van der Waals surface area contributed by atoms with Crippen molar-refractivity contribution in [2.75, 3.05) is 6.61 Å². The molecule has 13 heavy (non-hydrogen) atoms. The second-order valence-corrected chi connectivity index (χ2v) is 3.71. The third-order valence-electron chi connectivity index (χ3n) is 2.39. The van der Waals surface area contributed by atoms with Crippen LogP contribution in [0.2, 0.25) is 0 Å². The number of ether oxygens (including phenoxy) is 1. The maximum atomic E-state index is 11.1. The molecule has 0 amide bonds. The van der Waals surface area contributed by atoms with Crippen molar-refractivity contribution in [1.82, 2.24) is 0 Å². The molecule has 1 heterocycles. The quantitative estimate of drug-likeness (QED) is 0.493. The van der Waals surface area contributed by atoms with Gasteiger partial charge in [-0.2, -0.15) is 0 Å². The number of rotatable bonds is 4. The van der Waals surface area contributed by atoms with Gasteiger partial charge in [0.05, 0.1) is 12.5 Å². The summed E-state index contributed by atoms with van der Waals surface area (Å²) in [5.41, 5.74) is 0. The maximum absolute atomic E-state index is 11.1. The number of hydrogen-bond acceptors (Lipinski definition) is 2. The Morgan fingerprint density at radius 2 is 2.46 bits per heavy atom. The molecular weight excluding hydrogens is 164 g/mol. The molecule has 0 aromatic rings. The summed E-state index contributed by atoms with van der Waals surface area (Å²) in [5, 5.41) is 0. The first kappa shape index (κ1) is 10.3. The lowest BCUT2D eigenvalue weighted by atomic mass is 10.0. The monoisotopic (exact) mass is 182 g/mol. The number of allylic oxidation sites excluding steroid dienone is 1. The average molecular weight is 182 g/mol. The van der Waals surface area contributed by atoms with Gasteiger partial charge in [0.25, 0.3) is 0 Å². The molecule has 0 spiro atoms.